The fourth-order valence-corrected chi connectivity index (χ4v) is 11.7. The van der Waals surface area contributed by atoms with Crippen molar-refractivity contribution in [3.63, 3.8) is 0 Å². The second kappa shape index (κ2) is 10.2. The van der Waals surface area contributed by atoms with E-state index in [0.29, 0.717) is 11.3 Å². The van der Waals surface area contributed by atoms with Gasteiger partial charge in [-0.3, -0.25) is 0 Å². The molecule has 5 saturated carbocycles. The second-order valence-corrected chi connectivity index (χ2v) is 16.9. The van der Waals surface area contributed by atoms with Crippen LogP contribution in [0, 0.1) is 23.2 Å². The molecule has 0 radical (unpaired) electrons. The Hall–Kier alpha value is -3.06. The largest absolute Gasteiger partial charge is 0.310 e. The van der Waals surface area contributed by atoms with E-state index in [9.17, 15) is 0 Å². The van der Waals surface area contributed by atoms with Crippen molar-refractivity contribution in [2.45, 2.75) is 115 Å². The third-order valence-electron chi connectivity index (χ3n) is 14.1. The average molecular weight is 594 g/mol. The van der Waals surface area contributed by atoms with E-state index < -0.39 is 0 Å². The Morgan fingerprint density at radius 1 is 0.689 bits per heavy atom. The van der Waals surface area contributed by atoms with Gasteiger partial charge in [-0.2, -0.15) is 0 Å². The first-order chi connectivity index (χ1) is 21.8. The van der Waals surface area contributed by atoms with Crippen molar-refractivity contribution in [1.82, 2.24) is 0 Å². The Morgan fingerprint density at radius 3 is 2.07 bits per heavy atom. The smallest absolute Gasteiger partial charge is 0.0464 e. The van der Waals surface area contributed by atoms with Crippen LogP contribution in [0.4, 0.5) is 17.1 Å². The topological polar surface area (TPSA) is 3.24 Å². The van der Waals surface area contributed by atoms with Crippen molar-refractivity contribution in [2.75, 3.05) is 4.90 Å². The van der Waals surface area contributed by atoms with Crippen molar-refractivity contribution in [3.8, 4) is 0 Å². The van der Waals surface area contributed by atoms with E-state index >= 15 is 0 Å². The molecule has 232 valence electrons. The van der Waals surface area contributed by atoms with Gasteiger partial charge in [0.15, 0.2) is 0 Å². The first kappa shape index (κ1) is 28.2. The van der Waals surface area contributed by atoms with Gasteiger partial charge < -0.3 is 4.90 Å². The number of fused-ring (bicyclic) bond motifs is 3. The van der Waals surface area contributed by atoms with Gasteiger partial charge in [0.1, 0.15) is 0 Å². The molecule has 1 atom stereocenters. The lowest BCUT2D eigenvalue weighted by Gasteiger charge is -2.57. The predicted octanol–water partition coefficient (Wildman–Crippen LogP) is 12.3. The van der Waals surface area contributed by atoms with Crippen LogP contribution < -0.4 is 4.90 Å². The molecule has 3 aromatic carbocycles. The van der Waals surface area contributed by atoms with Gasteiger partial charge in [-0.1, -0.05) is 88.6 Å². The molecule has 4 bridgehead atoms. The van der Waals surface area contributed by atoms with E-state index in [1.165, 1.54) is 110 Å². The highest BCUT2D eigenvalue weighted by molar-refractivity contribution is 5.86. The molecular formula is C44H51N. The Morgan fingerprint density at radius 2 is 1.36 bits per heavy atom. The average Bonchev–Trinajstić information content (AvgIpc) is 3.23. The van der Waals surface area contributed by atoms with Gasteiger partial charge in [-0.25, -0.2) is 0 Å². The second-order valence-electron chi connectivity index (χ2n) is 16.9. The van der Waals surface area contributed by atoms with Gasteiger partial charge in [0.25, 0.3) is 0 Å². The van der Waals surface area contributed by atoms with E-state index in [2.05, 4.69) is 111 Å². The molecule has 0 amide bonds. The molecule has 7 aliphatic rings. The molecule has 7 aliphatic carbocycles. The van der Waals surface area contributed by atoms with Crippen LogP contribution in [0.3, 0.4) is 0 Å². The lowest BCUT2D eigenvalue weighted by molar-refractivity contribution is -0.00518. The summed E-state index contributed by atoms with van der Waals surface area (Å²) < 4.78 is 0. The molecule has 0 aromatic heterocycles. The number of allylic oxidation sites excluding steroid dienone is 4. The lowest BCUT2D eigenvalue weighted by Crippen LogP contribution is -2.48. The van der Waals surface area contributed by atoms with E-state index in [1.807, 2.05) is 0 Å². The Kier molecular flexibility index (Phi) is 6.40. The molecule has 1 unspecified atom stereocenters. The SMILES string of the molecule is CC12CC=CC=C1c1ccc(N(c3ccc(C45CC6CC(CC(C6)C4)C5)cc3)c3cccc(C4CCCCC4)c3)cc1C2(C)C. The minimum absolute atomic E-state index is 0.0624. The molecule has 45 heavy (non-hydrogen) atoms. The van der Waals surface area contributed by atoms with Crippen LogP contribution in [0.25, 0.3) is 5.57 Å². The van der Waals surface area contributed by atoms with Gasteiger partial charge in [0, 0.05) is 27.9 Å². The molecule has 3 aromatic rings. The summed E-state index contributed by atoms with van der Waals surface area (Å²) in [5.41, 5.74) is 12.1. The maximum Gasteiger partial charge on any atom is 0.0464 e. The standard InChI is InChI=1S/C44H51N/c1-42(2)41-26-38(19-20-39(41)40-14-7-8-21-43(40,42)3)45(37-13-9-12-34(25-37)33-10-5-4-6-11-33)36-17-15-35(16-18-36)44-27-30-22-31(28-44)24-32(23-30)29-44/h7-9,12-20,25-26,30-33H,4-6,10-11,21-24,27-29H2,1-3H3. The van der Waals surface area contributed by atoms with Crippen molar-refractivity contribution in [3.05, 3.63) is 107 Å². The molecule has 1 heteroatoms. The molecule has 0 spiro atoms. The van der Waals surface area contributed by atoms with E-state index in [1.54, 1.807) is 5.56 Å². The highest BCUT2D eigenvalue weighted by Crippen LogP contribution is 2.63. The summed E-state index contributed by atoms with van der Waals surface area (Å²) in [6, 6.07) is 27.0. The Bertz CT molecular complexity index is 1640. The van der Waals surface area contributed by atoms with Gasteiger partial charge in [-0.05, 0) is 151 Å². The number of benzene rings is 3. The van der Waals surface area contributed by atoms with Crippen LogP contribution in [-0.4, -0.2) is 0 Å². The molecule has 0 heterocycles. The summed E-state index contributed by atoms with van der Waals surface area (Å²) in [6.07, 6.45) is 23.7. The van der Waals surface area contributed by atoms with Crippen molar-refractivity contribution in [1.29, 1.82) is 0 Å². The molecule has 5 fully saturated rings. The summed E-state index contributed by atoms with van der Waals surface area (Å²) >= 11 is 0. The molecule has 0 saturated heterocycles. The zero-order chi connectivity index (χ0) is 30.4. The fourth-order valence-electron chi connectivity index (χ4n) is 11.7. The van der Waals surface area contributed by atoms with Gasteiger partial charge in [-0.15, -0.1) is 0 Å². The van der Waals surface area contributed by atoms with Crippen molar-refractivity contribution < 1.29 is 0 Å². The zero-order valence-corrected chi connectivity index (χ0v) is 27.8. The van der Waals surface area contributed by atoms with Gasteiger partial charge in [0.2, 0.25) is 0 Å². The highest BCUT2D eigenvalue weighted by atomic mass is 15.1. The summed E-state index contributed by atoms with van der Waals surface area (Å²) in [6.45, 7) is 7.43. The number of hydrogen-bond donors (Lipinski definition) is 0. The summed E-state index contributed by atoms with van der Waals surface area (Å²) in [7, 11) is 0. The quantitative estimate of drug-likeness (QED) is 0.284. The predicted molar refractivity (Wildman–Crippen MR) is 190 cm³/mol. The summed E-state index contributed by atoms with van der Waals surface area (Å²) in [5.74, 6) is 3.61. The minimum atomic E-state index is 0.0624. The van der Waals surface area contributed by atoms with Crippen LogP contribution >= 0.6 is 0 Å². The van der Waals surface area contributed by atoms with Crippen LogP contribution in [0.1, 0.15) is 126 Å². The third kappa shape index (κ3) is 4.32. The van der Waals surface area contributed by atoms with E-state index in [4.69, 9.17) is 0 Å². The normalized spacial score (nSPS) is 32.7. The molecular weight excluding hydrogens is 542 g/mol. The molecule has 0 N–H and O–H groups in total. The van der Waals surface area contributed by atoms with Crippen LogP contribution in [-0.2, 0) is 10.8 Å². The minimum Gasteiger partial charge on any atom is -0.310 e. The number of nitrogens with zero attached hydrogens (tertiary/aromatic N) is 1. The Labute approximate surface area is 271 Å². The monoisotopic (exact) mass is 593 g/mol. The van der Waals surface area contributed by atoms with Gasteiger partial charge >= 0.3 is 0 Å². The maximum absolute atomic E-state index is 2.57. The number of hydrogen-bond acceptors (Lipinski definition) is 1. The number of rotatable bonds is 5. The molecule has 1 nitrogen and oxygen atoms in total. The van der Waals surface area contributed by atoms with Crippen LogP contribution in [0.15, 0.2) is 85.0 Å². The lowest BCUT2D eigenvalue weighted by atomic mass is 9.48. The zero-order valence-electron chi connectivity index (χ0n) is 27.8. The molecule has 10 rings (SSSR count). The van der Waals surface area contributed by atoms with Crippen molar-refractivity contribution >= 4 is 22.6 Å². The fraction of sp³-hybridized carbons (Fsp3) is 0.500. The van der Waals surface area contributed by atoms with Crippen LogP contribution in [0.5, 0.6) is 0 Å². The van der Waals surface area contributed by atoms with Crippen LogP contribution in [0.2, 0.25) is 0 Å². The first-order valence-electron chi connectivity index (χ1n) is 18.4. The summed E-state index contributed by atoms with van der Waals surface area (Å²) in [4.78, 5) is 2.57. The third-order valence-corrected chi connectivity index (χ3v) is 14.1. The van der Waals surface area contributed by atoms with E-state index in [-0.39, 0.29) is 10.8 Å². The van der Waals surface area contributed by atoms with Gasteiger partial charge in [0.05, 0.1) is 0 Å². The molecule has 0 aliphatic heterocycles. The maximum atomic E-state index is 2.57. The van der Waals surface area contributed by atoms with Crippen molar-refractivity contribution in [2.24, 2.45) is 23.2 Å². The summed E-state index contributed by atoms with van der Waals surface area (Å²) in [5, 5.41) is 0. The number of anilines is 3. The highest BCUT2D eigenvalue weighted by Gasteiger charge is 2.53. The Balaban J connectivity index is 1.14. The van der Waals surface area contributed by atoms with E-state index in [0.717, 1.165) is 24.2 Å². The first-order valence-corrected chi connectivity index (χ1v) is 18.4.